The van der Waals surface area contributed by atoms with E-state index in [2.05, 4.69) is 47.9 Å². The second-order valence-corrected chi connectivity index (χ2v) is 11.8. The standard InChI is InChI=1S/C33H48N2O5.2ClH/c1-7-21-19-34-11-9-22-15-30(37-3)32(39-5)17-26(22)28(34)13-24(21)14-29-27-18-33(40-6)31(38-4)16-23(27)10-12-35(29)20-25(36)8-2;;/h15-18,21,24-25,28-29,36H,7-14,19-20H2,1-6H3;2*1H/t21-,24+,25?,28-,29+;;/m0../s1. The number of halogens is 2. The van der Waals surface area contributed by atoms with Gasteiger partial charge in [0.1, 0.15) is 0 Å². The van der Waals surface area contributed by atoms with Crippen molar-refractivity contribution < 1.29 is 24.1 Å². The molecule has 9 heteroatoms. The van der Waals surface area contributed by atoms with E-state index in [1.165, 1.54) is 28.7 Å². The minimum atomic E-state index is -0.319. The number of methoxy groups -OCH3 is 4. The summed E-state index contributed by atoms with van der Waals surface area (Å²) in [5.41, 5.74) is 5.47. The average molecular weight is 626 g/mol. The number of aliphatic hydroxyl groups excluding tert-OH is 1. The molecule has 3 heterocycles. The molecule has 3 aliphatic rings. The van der Waals surface area contributed by atoms with E-state index in [0.717, 1.165) is 74.7 Å². The zero-order chi connectivity index (χ0) is 28.4. The third-order valence-corrected chi connectivity index (χ3v) is 9.86. The Hall–Kier alpha value is -1.90. The molecule has 2 aromatic rings. The van der Waals surface area contributed by atoms with Crippen molar-refractivity contribution in [2.24, 2.45) is 11.8 Å². The lowest BCUT2D eigenvalue weighted by Gasteiger charge is -2.49. The van der Waals surface area contributed by atoms with E-state index in [9.17, 15) is 5.11 Å². The highest BCUT2D eigenvalue weighted by molar-refractivity contribution is 5.85. The second-order valence-electron chi connectivity index (χ2n) is 11.8. The van der Waals surface area contributed by atoms with Gasteiger partial charge in [-0.25, -0.2) is 0 Å². The number of aliphatic hydroxyl groups is 1. The maximum absolute atomic E-state index is 10.7. The van der Waals surface area contributed by atoms with E-state index in [0.29, 0.717) is 24.4 Å². The fraction of sp³-hybridized carbons (Fsp3) is 0.636. The molecule has 0 aromatic heterocycles. The van der Waals surface area contributed by atoms with Crippen molar-refractivity contribution in [1.82, 2.24) is 9.80 Å². The first-order valence-electron chi connectivity index (χ1n) is 15.1. The number of hydrogen-bond donors (Lipinski definition) is 1. The average Bonchev–Trinajstić information content (AvgIpc) is 2.99. The molecule has 1 unspecified atom stereocenters. The Morgan fingerprint density at radius 2 is 1.33 bits per heavy atom. The van der Waals surface area contributed by atoms with Crippen LogP contribution in [0.1, 0.15) is 73.9 Å². The number of piperidine rings is 1. The van der Waals surface area contributed by atoms with Crippen LogP contribution in [0.5, 0.6) is 23.0 Å². The number of fused-ring (bicyclic) bond motifs is 4. The van der Waals surface area contributed by atoms with E-state index in [1.54, 1.807) is 28.4 Å². The summed E-state index contributed by atoms with van der Waals surface area (Å²) < 4.78 is 22.8. The first kappa shape index (κ1) is 34.6. The van der Waals surface area contributed by atoms with Crippen molar-refractivity contribution in [3.63, 3.8) is 0 Å². The molecule has 2 aromatic carbocycles. The molecule has 5 atom stereocenters. The van der Waals surface area contributed by atoms with Gasteiger partial charge in [-0.05, 0) is 90.5 Å². The highest BCUT2D eigenvalue weighted by Gasteiger charge is 2.41. The zero-order valence-corrected chi connectivity index (χ0v) is 27.7. The van der Waals surface area contributed by atoms with Crippen molar-refractivity contribution in [1.29, 1.82) is 0 Å². The molecular formula is C33H50Cl2N2O5. The molecule has 3 aliphatic heterocycles. The molecule has 1 saturated heterocycles. The molecule has 236 valence electrons. The van der Waals surface area contributed by atoms with Crippen LogP contribution >= 0.6 is 24.8 Å². The van der Waals surface area contributed by atoms with Gasteiger partial charge >= 0.3 is 0 Å². The van der Waals surface area contributed by atoms with Crippen molar-refractivity contribution in [2.45, 2.75) is 70.6 Å². The lowest BCUT2D eigenvalue weighted by molar-refractivity contribution is 0.0207. The minimum Gasteiger partial charge on any atom is -0.493 e. The van der Waals surface area contributed by atoms with Gasteiger partial charge in [0.25, 0.3) is 0 Å². The van der Waals surface area contributed by atoms with Gasteiger partial charge in [-0.15, -0.1) is 24.8 Å². The van der Waals surface area contributed by atoms with E-state index in [4.69, 9.17) is 18.9 Å². The SMILES string of the molecule is CCC(O)CN1CCc2cc(OC)c(OC)cc2[C@H]1C[C@H]1C[C@H]2c3cc(OC)c(OC)cc3CCN2C[C@@H]1CC.Cl.Cl. The number of β-amino-alcohol motifs (C(OH)–C–C–N with tert-alkyl or cyclic N) is 1. The molecular weight excluding hydrogens is 575 g/mol. The molecule has 0 radical (unpaired) electrons. The summed E-state index contributed by atoms with van der Waals surface area (Å²) >= 11 is 0. The Balaban J connectivity index is 0.00000242. The summed E-state index contributed by atoms with van der Waals surface area (Å²) in [6, 6.07) is 9.42. The van der Waals surface area contributed by atoms with E-state index >= 15 is 0 Å². The van der Waals surface area contributed by atoms with Crippen LogP contribution in [0, 0.1) is 11.8 Å². The predicted octanol–water partition coefficient (Wildman–Crippen LogP) is 6.27. The van der Waals surface area contributed by atoms with Gasteiger partial charge in [0.05, 0.1) is 34.5 Å². The van der Waals surface area contributed by atoms with Crippen molar-refractivity contribution in [2.75, 3.05) is 54.6 Å². The van der Waals surface area contributed by atoms with E-state index in [1.807, 2.05) is 0 Å². The Bertz CT molecular complexity index is 1180. The summed E-state index contributed by atoms with van der Waals surface area (Å²) in [6.45, 7) is 8.29. The van der Waals surface area contributed by atoms with Crippen LogP contribution in [-0.4, -0.2) is 75.6 Å². The van der Waals surface area contributed by atoms with Gasteiger partial charge in [-0.1, -0.05) is 20.3 Å². The van der Waals surface area contributed by atoms with Crippen LogP contribution in [0.25, 0.3) is 0 Å². The number of hydrogen-bond acceptors (Lipinski definition) is 7. The summed E-state index contributed by atoms with van der Waals surface area (Å²) in [5, 5.41) is 10.7. The van der Waals surface area contributed by atoms with Gasteiger partial charge in [0, 0.05) is 38.3 Å². The lowest BCUT2D eigenvalue weighted by atomic mass is 9.72. The van der Waals surface area contributed by atoms with Crippen LogP contribution in [0.4, 0.5) is 0 Å². The third-order valence-electron chi connectivity index (χ3n) is 9.86. The predicted molar refractivity (Wildman–Crippen MR) is 172 cm³/mol. The Labute approximate surface area is 264 Å². The minimum absolute atomic E-state index is 0. The van der Waals surface area contributed by atoms with Crippen molar-refractivity contribution in [3.8, 4) is 23.0 Å². The van der Waals surface area contributed by atoms with Crippen LogP contribution in [0.3, 0.4) is 0 Å². The molecule has 42 heavy (non-hydrogen) atoms. The zero-order valence-electron chi connectivity index (χ0n) is 26.1. The van der Waals surface area contributed by atoms with Crippen LogP contribution in [0.15, 0.2) is 24.3 Å². The smallest absolute Gasteiger partial charge is 0.161 e. The molecule has 1 N–H and O–H groups in total. The van der Waals surface area contributed by atoms with Crippen LogP contribution in [-0.2, 0) is 12.8 Å². The maximum atomic E-state index is 10.7. The molecule has 0 saturated carbocycles. The second kappa shape index (κ2) is 15.2. The molecule has 0 amide bonds. The molecule has 1 fully saturated rings. The molecule has 0 aliphatic carbocycles. The van der Waals surface area contributed by atoms with Crippen LogP contribution < -0.4 is 18.9 Å². The van der Waals surface area contributed by atoms with E-state index in [-0.39, 0.29) is 37.0 Å². The summed E-state index contributed by atoms with van der Waals surface area (Å²) in [4.78, 5) is 5.24. The number of rotatable bonds is 10. The third kappa shape index (κ3) is 6.76. The molecule has 5 rings (SSSR count). The summed E-state index contributed by atoms with van der Waals surface area (Å²) in [7, 11) is 6.87. The fourth-order valence-corrected chi connectivity index (χ4v) is 7.52. The first-order chi connectivity index (χ1) is 19.4. The Morgan fingerprint density at radius 1 is 0.786 bits per heavy atom. The summed E-state index contributed by atoms with van der Waals surface area (Å²) in [5.74, 6) is 4.43. The van der Waals surface area contributed by atoms with Gasteiger partial charge in [-0.3, -0.25) is 9.80 Å². The van der Waals surface area contributed by atoms with Crippen LogP contribution in [0.2, 0.25) is 0 Å². The summed E-state index contributed by atoms with van der Waals surface area (Å²) in [6.07, 6.45) is 5.83. The van der Waals surface area contributed by atoms with Gasteiger partial charge in [0.2, 0.25) is 0 Å². The van der Waals surface area contributed by atoms with E-state index < -0.39 is 0 Å². The molecule has 0 bridgehead atoms. The van der Waals surface area contributed by atoms with Crippen molar-refractivity contribution in [3.05, 3.63) is 46.5 Å². The Morgan fingerprint density at radius 3 is 1.90 bits per heavy atom. The van der Waals surface area contributed by atoms with Gasteiger partial charge in [0.15, 0.2) is 23.0 Å². The van der Waals surface area contributed by atoms with Crippen molar-refractivity contribution >= 4 is 24.8 Å². The highest BCUT2D eigenvalue weighted by Crippen LogP contribution is 2.49. The first-order valence-corrected chi connectivity index (χ1v) is 15.1. The Kier molecular flexibility index (Phi) is 12.5. The highest BCUT2D eigenvalue weighted by atomic mass is 35.5. The number of benzene rings is 2. The monoisotopic (exact) mass is 624 g/mol. The lowest BCUT2D eigenvalue weighted by Crippen LogP contribution is -2.47. The van der Waals surface area contributed by atoms with Gasteiger partial charge in [-0.2, -0.15) is 0 Å². The molecule has 7 nitrogen and oxygen atoms in total. The molecule has 0 spiro atoms. The fourth-order valence-electron chi connectivity index (χ4n) is 7.52. The van der Waals surface area contributed by atoms with Gasteiger partial charge < -0.3 is 24.1 Å². The largest absolute Gasteiger partial charge is 0.493 e. The quantitative estimate of drug-likeness (QED) is 0.334. The maximum Gasteiger partial charge on any atom is 0.161 e. The normalized spacial score (nSPS) is 24.2. The number of nitrogens with zero attached hydrogens (tertiary/aromatic N) is 2. The topological polar surface area (TPSA) is 63.6 Å². The number of ether oxygens (including phenoxy) is 4.